The Balaban J connectivity index is 1.31. The SMILES string of the molecule is CC(C)(C)c1ccc([C@]23CC2CN(C(=O)N2CCC24CCC(=O)C4)C3)cc1. The van der Waals surface area contributed by atoms with E-state index in [-0.39, 0.29) is 22.4 Å². The Morgan fingerprint density at radius 2 is 1.89 bits per heavy atom. The highest BCUT2D eigenvalue weighted by Gasteiger charge is 2.63. The number of hydrogen-bond donors (Lipinski definition) is 0. The second-order valence-corrected chi connectivity index (χ2v) is 10.4. The van der Waals surface area contributed by atoms with E-state index < -0.39 is 0 Å². The smallest absolute Gasteiger partial charge is 0.320 e. The first-order valence-corrected chi connectivity index (χ1v) is 10.4. The van der Waals surface area contributed by atoms with Crippen molar-refractivity contribution in [2.24, 2.45) is 5.92 Å². The lowest BCUT2D eigenvalue weighted by Gasteiger charge is -2.51. The van der Waals surface area contributed by atoms with Crippen LogP contribution in [0.5, 0.6) is 0 Å². The molecule has 1 aromatic carbocycles. The van der Waals surface area contributed by atoms with Crippen molar-refractivity contribution in [1.82, 2.24) is 9.80 Å². The van der Waals surface area contributed by atoms with Crippen molar-refractivity contribution in [2.45, 2.75) is 69.2 Å². The minimum atomic E-state index is -0.136. The van der Waals surface area contributed by atoms with Crippen molar-refractivity contribution in [3.05, 3.63) is 35.4 Å². The standard InChI is InChI=1S/C23H30N2O2/c1-21(2,3)16-4-6-17(7-5-16)23-12-18(23)14-24(15-23)20(27)25-11-10-22(25)9-8-19(26)13-22/h4-7,18H,8-15H2,1-3H3/t18?,22?,23-/m1/s1. The largest absolute Gasteiger partial charge is 0.323 e. The van der Waals surface area contributed by atoms with E-state index in [1.54, 1.807) is 0 Å². The molecule has 2 aliphatic heterocycles. The molecule has 5 rings (SSSR count). The van der Waals surface area contributed by atoms with Crippen LogP contribution in [0.1, 0.15) is 64.0 Å². The predicted octanol–water partition coefficient (Wildman–Crippen LogP) is 3.87. The molecule has 4 heteroatoms. The highest BCUT2D eigenvalue weighted by atomic mass is 16.2. The van der Waals surface area contributed by atoms with Crippen LogP contribution in [0.3, 0.4) is 0 Å². The van der Waals surface area contributed by atoms with Gasteiger partial charge in [-0.05, 0) is 41.7 Å². The molecular formula is C23H30N2O2. The number of piperidine rings is 1. The normalized spacial score (nSPS) is 34.8. The summed E-state index contributed by atoms with van der Waals surface area (Å²) >= 11 is 0. The molecule has 4 aliphatic rings. The predicted molar refractivity (Wildman–Crippen MR) is 105 cm³/mol. The van der Waals surface area contributed by atoms with Gasteiger partial charge in [0.1, 0.15) is 5.78 Å². The highest BCUT2D eigenvalue weighted by molar-refractivity contribution is 5.85. The Morgan fingerprint density at radius 1 is 1.15 bits per heavy atom. The van der Waals surface area contributed by atoms with Gasteiger partial charge in [-0.25, -0.2) is 4.79 Å². The van der Waals surface area contributed by atoms with Gasteiger partial charge in [0.15, 0.2) is 0 Å². The number of amides is 2. The maximum atomic E-state index is 13.2. The van der Waals surface area contributed by atoms with Crippen LogP contribution in [0, 0.1) is 5.92 Å². The van der Waals surface area contributed by atoms with Gasteiger partial charge >= 0.3 is 6.03 Å². The molecule has 2 saturated carbocycles. The zero-order valence-corrected chi connectivity index (χ0v) is 16.8. The van der Waals surface area contributed by atoms with Gasteiger partial charge in [0.05, 0.1) is 5.54 Å². The summed E-state index contributed by atoms with van der Waals surface area (Å²) in [5.41, 5.74) is 2.96. The zero-order chi connectivity index (χ0) is 19.0. The molecule has 2 amide bonds. The number of Topliss-reactive ketones (excluding diaryl/α,β-unsaturated/α-hetero) is 1. The fraction of sp³-hybridized carbons (Fsp3) is 0.652. The molecule has 1 spiro atoms. The summed E-state index contributed by atoms with van der Waals surface area (Å²) < 4.78 is 0. The Bertz CT molecular complexity index is 809. The Kier molecular flexibility index (Phi) is 3.43. The number of carbonyl (C=O) groups excluding carboxylic acids is 2. The summed E-state index contributed by atoms with van der Waals surface area (Å²) in [5, 5.41) is 0. The molecule has 144 valence electrons. The molecule has 4 nitrogen and oxygen atoms in total. The van der Waals surface area contributed by atoms with E-state index >= 15 is 0 Å². The molecule has 0 aromatic heterocycles. The molecule has 2 aliphatic carbocycles. The lowest BCUT2D eigenvalue weighted by Crippen LogP contribution is -2.63. The van der Waals surface area contributed by atoms with Crippen molar-refractivity contribution in [3.8, 4) is 0 Å². The van der Waals surface area contributed by atoms with E-state index in [9.17, 15) is 9.59 Å². The number of benzene rings is 1. The molecule has 2 unspecified atom stereocenters. The van der Waals surface area contributed by atoms with Crippen LogP contribution >= 0.6 is 0 Å². The number of ketones is 1. The van der Waals surface area contributed by atoms with Gasteiger partial charge in [-0.15, -0.1) is 0 Å². The van der Waals surface area contributed by atoms with Crippen LogP contribution in [-0.2, 0) is 15.6 Å². The fourth-order valence-electron chi connectivity index (χ4n) is 5.75. The average Bonchev–Trinajstić information content (AvgIpc) is 2.97. The minimum Gasteiger partial charge on any atom is -0.323 e. The van der Waals surface area contributed by atoms with Crippen LogP contribution in [0.15, 0.2) is 24.3 Å². The Hall–Kier alpha value is -1.84. The van der Waals surface area contributed by atoms with Gasteiger partial charge in [0.2, 0.25) is 0 Å². The molecule has 0 N–H and O–H groups in total. The first kappa shape index (κ1) is 17.3. The van der Waals surface area contributed by atoms with Gasteiger partial charge in [-0.3, -0.25) is 4.79 Å². The molecule has 1 aromatic rings. The molecular weight excluding hydrogens is 336 g/mol. The average molecular weight is 367 g/mol. The number of likely N-dealkylation sites (tertiary alicyclic amines) is 2. The monoisotopic (exact) mass is 366 g/mol. The Labute approximate surface area is 161 Å². The molecule has 0 radical (unpaired) electrons. The minimum absolute atomic E-state index is 0.136. The first-order chi connectivity index (χ1) is 12.7. The van der Waals surface area contributed by atoms with Crippen molar-refractivity contribution in [3.63, 3.8) is 0 Å². The summed E-state index contributed by atoms with van der Waals surface area (Å²) in [6.45, 7) is 9.26. The van der Waals surface area contributed by atoms with Crippen LogP contribution in [-0.4, -0.2) is 46.8 Å². The maximum Gasteiger partial charge on any atom is 0.320 e. The molecule has 3 atom stereocenters. The molecule has 0 bridgehead atoms. The number of hydrogen-bond acceptors (Lipinski definition) is 2. The summed E-state index contributed by atoms with van der Waals surface area (Å²) in [6.07, 6.45) is 4.30. The lowest BCUT2D eigenvalue weighted by molar-refractivity contribution is -0.118. The van der Waals surface area contributed by atoms with Gasteiger partial charge in [-0.1, -0.05) is 45.0 Å². The van der Waals surface area contributed by atoms with E-state index in [2.05, 4.69) is 49.9 Å². The second-order valence-electron chi connectivity index (χ2n) is 10.4. The zero-order valence-electron chi connectivity index (χ0n) is 16.8. The van der Waals surface area contributed by atoms with Crippen LogP contribution in [0.4, 0.5) is 4.79 Å². The lowest BCUT2D eigenvalue weighted by atomic mass is 9.83. The van der Waals surface area contributed by atoms with E-state index in [1.165, 1.54) is 17.5 Å². The van der Waals surface area contributed by atoms with Crippen molar-refractivity contribution >= 4 is 11.8 Å². The third-order valence-corrected chi connectivity index (χ3v) is 7.74. The third-order valence-electron chi connectivity index (χ3n) is 7.74. The number of fused-ring (bicyclic) bond motifs is 1. The quantitative estimate of drug-likeness (QED) is 0.757. The van der Waals surface area contributed by atoms with E-state index in [0.717, 1.165) is 32.5 Å². The van der Waals surface area contributed by atoms with Gasteiger partial charge < -0.3 is 9.80 Å². The summed E-state index contributed by atoms with van der Waals surface area (Å²) in [7, 11) is 0. The number of rotatable bonds is 1. The molecule has 2 heterocycles. The highest BCUT2D eigenvalue weighted by Crippen LogP contribution is 2.59. The van der Waals surface area contributed by atoms with Gasteiger partial charge in [0, 0.05) is 37.9 Å². The van der Waals surface area contributed by atoms with Crippen molar-refractivity contribution in [1.29, 1.82) is 0 Å². The molecule has 2 saturated heterocycles. The molecule has 4 fully saturated rings. The van der Waals surface area contributed by atoms with Crippen LogP contribution in [0.25, 0.3) is 0 Å². The Morgan fingerprint density at radius 3 is 2.44 bits per heavy atom. The topological polar surface area (TPSA) is 40.6 Å². The van der Waals surface area contributed by atoms with Crippen molar-refractivity contribution in [2.75, 3.05) is 19.6 Å². The van der Waals surface area contributed by atoms with Crippen LogP contribution in [0.2, 0.25) is 0 Å². The fourth-order valence-corrected chi connectivity index (χ4v) is 5.75. The van der Waals surface area contributed by atoms with E-state index in [4.69, 9.17) is 0 Å². The third kappa shape index (κ3) is 2.48. The van der Waals surface area contributed by atoms with E-state index in [0.29, 0.717) is 24.5 Å². The number of carbonyl (C=O) groups is 2. The summed E-state index contributed by atoms with van der Waals surface area (Å²) in [4.78, 5) is 29.0. The van der Waals surface area contributed by atoms with Gasteiger partial charge in [-0.2, -0.15) is 0 Å². The maximum absolute atomic E-state index is 13.2. The van der Waals surface area contributed by atoms with Gasteiger partial charge in [0.25, 0.3) is 0 Å². The van der Waals surface area contributed by atoms with E-state index in [1.807, 2.05) is 4.90 Å². The first-order valence-electron chi connectivity index (χ1n) is 10.4. The summed E-state index contributed by atoms with van der Waals surface area (Å²) in [5.74, 6) is 0.927. The molecule has 27 heavy (non-hydrogen) atoms. The van der Waals surface area contributed by atoms with Crippen molar-refractivity contribution < 1.29 is 9.59 Å². The summed E-state index contributed by atoms with van der Waals surface area (Å²) in [6, 6.07) is 9.27. The number of nitrogens with zero attached hydrogens (tertiary/aromatic N) is 2. The second kappa shape index (κ2) is 5.36. The number of urea groups is 1. The van der Waals surface area contributed by atoms with Crippen LogP contribution < -0.4 is 0 Å².